The van der Waals surface area contributed by atoms with Crippen LogP contribution in [0, 0.1) is 0 Å². The summed E-state index contributed by atoms with van der Waals surface area (Å²) < 4.78 is 0. The highest BCUT2D eigenvalue weighted by Gasteiger charge is 2.06. The van der Waals surface area contributed by atoms with Crippen molar-refractivity contribution in [3.63, 3.8) is 0 Å². The normalized spacial score (nSPS) is 12.1. The molecule has 0 nitrogen and oxygen atoms in total. The molecule has 1 aliphatic rings. The summed E-state index contributed by atoms with van der Waals surface area (Å²) in [5.41, 5.74) is 2.81. The van der Waals surface area contributed by atoms with Crippen LogP contribution in [-0.2, 0) is 6.42 Å². The average molecular weight is 266 g/mol. The number of allylic oxidation sites excluding steroid dienone is 1. The fourth-order valence-electron chi connectivity index (χ4n) is 2.43. The van der Waals surface area contributed by atoms with Crippen LogP contribution in [0.25, 0.3) is 16.8 Å². The maximum absolute atomic E-state index is 2.24. The molecule has 0 saturated heterocycles. The summed E-state index contributed by atoms with van der Waals surface area (Å²) in [5, 5.41) is 2.80. The van der Waals surface area contributed by atoms with Gasteiger partial charge in [0.1, 0.15) is 0 Å². The van der Waals surface area contributed by atoms with Gasteiger partial charge in [0, 0.05) is 9.52 Å². The quantitative estimate of drug-likeness (QED) is 0.518. The average Bonchev–Trinajstić information content (AvgIpc) is 2.47. The van der Waals surface area contributed by atoms with E-state index in [1.807, 2.05) is 0 Å². The Labute approximate surface area is 119 Å². The zero-order valence-electron chi connectivity index (χ0n) is 11.9. The van der Waals surface area contributed by atoms with Crippen molar-refractivity contribution >= 4 is 26.4 Å². The van der Waals surface area contributed by atoms with Crippen molar-refractivity contribution < 1.29 is 0 Å². The summed E-state index contributed by atoms with van der Waals surface area (Å²) in [5.74, 6) is 0. The summed E-state index contributed by atoms with van der Waals surface area (Å²) in [7, 11) is 1.21. The topological polar surface area (TPSA) is 0 Å². The van der Waals surface area contributed by atoms with Crippen molar-refractivity contribution in [2.75, 3.05) is 0 Å². The maximum atomic E-state index is 2.24. The molecule has 98 valence electrons. The summed E-state index contributed by atoms with van der Waals surface area (Å²) >= 11 is 0. The Kier molecular flexibility index (Phi) is 5.40. The van der Waals surface area contributed by atoms with Crippen LogP contribution in [0.3, 0.4) is 0 Å². The summed E-state index contributed by atoms with van der Waals surface area (Å²) in [6, 6.07) is 15.8. The molecule has 2 aromatic carbocycles. The predicted octanol–water partition coefficient (Wildman–Crippen LogP) is 5.37. The van der Waals surface area contributed by atoms with Gasteiger partial charge in [0.25, 0.3) is 0 Å². The first-order chi connectivity index (χ1) is 9.36. The van der Waals surface area contributed by atoms with Crippen LogP contribution in [-0.4, -0.2) is 9.52 Å². The van der Waals surface area contributed by atoms with E-state index in [1.54, 1.807) is 0 Å². The Morgan fingerprint density at radius 3 is 2.53 bits per heavy atom. The molecule has 0 fully saturated rings. The Balaban J connectivity index is 0.000000192. The standard InChI is InChI=1S/C13H10.C5H12Si/c1-4-10-6-2-8-12-9-3-7-11(5-1)13(10)12;1-3-5-6-4-2/h1-8H,9H2;3-5H2,1-2H3. The van der Waals surface area contributed by atoms with Crippen LogP contribution in [0.15, 0.2) is 42.5 Å². The van der Waals surface area contributed by atoms with E-state index in [4.69, 9.17) is 0 Å². The van der Waals surface area contributed by atoms with Crippen molar-refractivity contribution in [1.82, 2.24) is 0 Å². The predicted molar refractivity (Wildman–Crippen MR) is 88.0 cm³/mol. The van der Waals surface area contributed by atoms with Gasteiger partial charge in [-0.1, -0.05) is 80.9 Å². The lowest BCUT2D eigenvalue weighted by atomic mass is 9.93. The molecule has 2 radical (unpaired) electrons. The Bertz CT molecular complexity index is 545. The lowest BCUT2D eigenvalue weighted by molar-refractivity contribution is 1.07. The van der Waals surface area contributed by atoms with Gasteiger partial charge in [0.05, 0.1) is 0 Å². The number of hydrogen-bond donors (Lipinski definition) is 0. The van der Waals surface area contributed by atoms with Gasteiger partial charge < -0.3 is 0 Å². The van der Waals surface area contributed by atoms with E-state index >= 15 is 0 Å². The van der Waals surface area contributed by atoms with Crippen LogP contribution in [0.4, 0.5) is 0 Å². The molecule has 2 aromatic rings. The van der Waals surface area contributed by atoms with Crippen molar-refractivity contribution in [2.45, 2.75) is 38.8 Å². The fourth-order valence-corrected chi connectivity index (χ4v) is 3.13. The molecule has 0 bridgehead atoms. The minimum absolute atomic E-state index is 1.08. The first-order valence-electron chi connectivity index (χ1n) is 7.24. The molecule has 0 unspecified atom stereocenters. The third-order valence-corrected chi connectivity index (χ3v) is 4.69. The summed E-state index contributed by atoms with van der Waals surface area (Å²) in [6.45, 7) is 4.48. The summed E-state index contributed by atoms with van der Waals surface area (Å²) in [4.78, 5) is 0. The van der Waals surface area contributed by atoms with E-state index in [1.165, 1.54) is 49.9 Å². The molecule has 0 aliphatic heterocycles. The van der Waals surface area contributed by atoms with Gasteiger partial charge in [-0.2, -0.15) is 0 Å². The molecule has 0 N–H and O–H groups in total. The van der Waals surface area contributed by atoms with Crippen LogP contribution >= 0.6 is 0 Å². The Morgan fingerprint density at radius 1 is 1.05 bits per heavy atom. The van der Waals surface area contributed by atoms with E-state index in [0.717, 1.165) is 6.42 Å². The molecule has 0 heterocycles. The van der Waals surface area contributed by atoms with E-state index in [9.17, 15) is 0 Å². The SMILES string of the molecule is C1=Cc2cccc3cccc(c23)C1.CCC[Si]CC. The smallest absolute Gasteiger partial charge is 0.0375 e. The molecule has 3 rings (SSSR count). The van der Waals surface area contributed by atoms with Crippen LogP contribution in [0.2, 0.25) is 12.1 Å². The third-order valence-electron chi connectivity index (χ3n) is 3.34. The second-order valence-corrected chi connectivity index (χ2v) is 6.53. The number of benzene rings is 2. The van der Waals surface area contributed by atoms with Crippen LogP contribution < -0.4 is 0 Å². The maximum Gasteiger partial charge on any atom is 0.0375 e. The first kappa shape index (κ1) is 14.1. The molecular weight excluding hydrogens is 244 g/mol. The van der Waals surface area contributed by atoms with Crippen molar-refractivity contribution in [3.05, 3.63) is 53.6 Å². The highest BCUT2D eigenvalue weighted by molar-refractivity contribution is 6.35. The summed E-state index contributed by atoms with van der Waals surface area (Å²) in [6.07, 6.45) is 6.90. The Morgan fingerprint density at radius 2 is 1.84 bits per heavy atom. The van der Waals surface area contributed by atoms with Crippen molar-refractivity contribution in [3.8, 4) is 0 Å². The molecule has 19 heavy (non-hydrogen) atoms. The minimum Gasteiger partial charge on any atom is -0.0795 e. The van der Waals surface area contributed by atoms with Crippen LogP contribution in [0.1, 0.15) is 31.4 Å². The molecule has 1 aliphatic carbocycles. The van der Waals surface area contributed by atoms with E-state index in [2.05, 4.69) is 62.4 Å². The van der Waals surface area contributed by atoms with E-state index in [0.29, 0.717) is 0 Å². The van der Waals surface area contributed by atoms with Crippen molar-refractivity contribution in [1.29, 1.82) is 0 Å². The molecule has 0 aromatic heterocycles. The molecular formula is C18H22Si. The fraction of sp³-hybridized carbons (Fsp3) is 0.333. The lowest BCUT2D eigenvalue weighted by Crippen LogP contribution is -1.91. The molecule has 0 saturated carbocycles. The molecule has 0 atom stereocenters. The molecule has 1 heteroatoms. The lowest BCUT2D eigenvalue weighted by Gasteiger charge is -2.11. The van der Waals surface area contributed by atoms with Gasteiger partial charge in [-0.3, -0.25) is 0 Å². The largest absolute Gasteiger partial charge is 0.0795 e. The van der Waals surface area contributed by atoms with E-state index < -0.39 is 0 Å². The van der Waals surface area contributed by atoms with Gasteiger partial charge in [-0.25, -0.2) is 0 Å². The highest BCUT2D eigenvalue weighted by Crippen LogP contribution is 2.27. The Hall–Kier alpha value is -1.34. The highest BCUT2D eigenvalue weighted by atomic mass is 28.2. The molecule has 0 spiro atoms. The molecule has 0 amide bonds. The van der Waals surface area contributed by atoms with Gasteiger partial charge in [-0.15, -0.1) is 0 Å². The van der Waals surface area contributed by atoms with Gasteiger partial charge in [0.15, 0.2) is 0 Å². The number of rotatable bonds is 3. The second kappa shape index (κ2) is 7.30. The monoisotopic (exact) mass is 266 g/mol. The first-order valence-corrected chi connectivity index (χ1v) is 8.66. The number of hydrogen-bond acceptors (Lipinski definition) is 0. The third kappa shape index (κ3) is 3.57. The zero-order chi connectivity index (χ0) is 13.5. The second-order valence-electron chi connectivity index (χ2n) is 4.82. The van der Waals surface area contributed by atoms with Gasteiger partial charge in [-0.05, 0) is 28.3 Å². The van der Waals surface area contributed by atoms with Crippen molar-refractivity contribution in [2.24, 2.45) is 0 Å². The van der Waals surface area contributed by atoms with E-state index in [-0.39, 0.29) is 0 Å². The zero-order valence-corrected chi connectivity index (χ0v) is 12.9. The minimum atomic E-state index is 1.08. The van der Waals surface area contributed by atoms with Crippen LogP contribution in [0.5, 0.6) is 0 Å². The van der Waals surface area contributed by atoms with Gasteiger partial charge >= 0.3 is 0 Å². The van der Waals surface area contributed by atoms with Gasteiger partial charge in [0.2, 0.25) is 0 Å².